The summed E-state index contributed by atoms with van der Waals surface area (Å²) in [7, 11) is 0. The number of alkyl halides is 1. The minimum absolute atomic E-state index is 0.258. The zero-order valence-electron chi connectivity index (χ0n) is 8.09. The number of halogens is 1. The number of Topliss-reactive ketones (excluding diaryl/α,β-unsaturated/α-hetero) is 1. The van der Waals surface area contributed by atoms with E-state index in [1.165, 1.54) is 5.56 Å². The summed E-state index contributed by atoms with van der Waals surface area (Å²) in [6.45, 7) is 1.63. The van der Waals surface area contributed by atoms with Crippen molar-refractivity contribution in [2.75, 3.05) is 4.93 Å². The highest BCUT2D eigenvalue weighted by Gasteiger charge is 1.94. The van der Waals surface area contributed by atoms with Gasteiger partial charge in [-0.25, -0.2) is 0 Å². The summed E-state index contributed by atoms with van der Waals surface area (Å²) >= 11 is 2.15. The molecule has 1 nitrogen and oxygen atoms in total. The summed E-state index contributed by atoms with van der Waals surface area (Å²) in [5, 5.41) is 0. The molecular formula is C11H15IO. The lowest BCUT2D eigenvalue weighted by Gasteiger charge is -1.96. The van der Waals surface area contributed by atoms with Crippen LogP contribution in [0.2, 0.25) is 0 Å². The Balaban J connectivity index is 0.000000671. The van der Waals surface area contributed by atoms with Gasteiger partial charge < -0.3 is 4.79 Å². The van der Waals surface area contributed by atoms with Crippen molar-refractivity contribution >= 4 is 28.4 Å². The Morgan fingerprint density at radius 2 is 1.77 bits per heavy atom. The average Bonchev–Trinajstić information content (AvgIpc) is 2.19. The van der Waals surface area contributed by atoms with Gasteiger partial charge in [-0.3, -0.25) is 0 Å². The summed E-state index contributed by atoms with van der Waals surface area (Å²) in [5.74, 6) is 0.258. The quantitative estimate of drug-likeness (QED) is 0.617. The summed E-state index contributed by atoms with van der Waals surface area (Å²) in [5.41, 5.74) is 1.24. The lowest BCUT2D eigenvalue weighted by molar-refractivity contribution is -0.116. The Hall–Kier alpha value is -0.380. The van der Waals surface area contributed by atoms with Crippen molar-refractivity contribution in [1.82, 2.24) is 0 Å². The molecule has 0 atom stereocenters. The van der Waals surface area contributed by atoms with Crippen molar-refractivity contribution in [3.63, 3.8) is 0 Å². The number of carbonyl (C=O) groups is 1. The first-order valence-corrected chi connectivity index (χ1v) is 6.36. The molecule has 0 saturated carbocycles. The van der Waals surface area contributed by atoms with Crippen molar-refractivity contribution in [3.8, 4) is 0 Å². The van der Waals surface area contributed by atoms with Gasteiger partial charge in [-0.2, -0.15) is 0 Å². The molecule has 0 saturated heterocycles. The molecule has 2 heteroatoms. The lowest BCUT2D eigenvalue weighted by Crippen LogP contribution is -1.92. The summed E-state index contributed by atoms with van der Waals surface area (Å²) in [6, 6.07) is 10.1. The second-order valence-corrected chi connectivity index (χ2v) is 2.69. The number of ketones is 1. The van der Waals surface area contributed by atoms with Gasteiger partial charge in [0.1, 0.15) is 5.78 Å². The molecule has 0 radical (unpaired) electrons. The zero-order valence-corrected chi connectivity index (χ0v) is 10.2. The van der Waals surface area contributed by atoms with Crippen molar-refractivity contribution in [2.24, 2.45) is 0 Å². The minimum Gasteiger partial charge on any atom is -0.300 e. The topological polar surface area (TPSA) is 17.1 Å². The highest BCUT2D eigenvalue weighted by Crippen LogP contribution is 2.01. The van der Waals surface area contributed by atoms with E-state index < -0.39 is 0 Å². The number of hydrogen-bond acceptors (Lipinski definition) is 1. The van der Waals surface area contributed by atoms with Gasteiger partial charge in [0.15, 0.2) is 0 Å². The summed E-state index contributed by atoms with van der Waals surface area (Å²) in [4.78, 5) is 12.6. The predicted octanol–water partition coefficient (Wildman–Crippen LogP) is 3.26. The van der Waals surface area contributed by atoms with Crippen LogP contribution in [0.3, 0.4) is 0 Å². The van der Waals surface area contributed by atoms with Crippen LogP contribution in [0.4, 0.5) is 0 Å². The van der Waals surface area contributed by atoms with E-state index in [1.807, 2.05) is 35.3 Å². The molecule has 0 bridgehead atoms. The second kappa shape index (κ2) is 8.23. The van der Waals surface area contributed by atoms with Crippen molar-refractivity contribution in [1.29, 1.82) is 0 Å². The van der Waals surface area contributed by atoms with E-state index in [4.69, 9.17) is 0 Å². The maximum Gasteiger partial charge on any atom is 0.130 e. The Labute approximate surface area is 93.7 Å². The van der Waals surface area contributed by atoms with Crippen LogP contribution in [0.25, 0.3) is 0 Å². The molecule has 0 N–H and O–H groups in total. The monoisotopic (exact) mass is 290 g/mol. The van der Waals surface area contributed by atoms with Crippen LogP contribution in [0.5, 0.6) is 0 Å². The van der Waals surface area contributed by atoms with E-state index in [0.717, 1.165) is 6.42 Å². The fraction of sp³-hybridized carbons (Fsp3) is 0.364. The first kappa shape index (κ1) is 12.6. The van der Waals surface area contributed by atoms with Gasteiger partial charge in [-0.1, -0.05) is 52.9 Å². The molecule has 0 aliphatic carbocycles. The Bertz CT molecular complexity index is 231. The molecular weight excluding hydrogens is 275 g/mol. The van der Waals surface area contributed by atoms with E-state index in [9.17, 15) is 4.79 Å². The number of carbonyl (C=O) groups excluding carboxylic acids is 1. The third-order valence-electron chi connectivity index (χ3n) is 1.61. The van der Waals surface area contributed by atoms with Crippen LogP contribution in [0.1, 0.15) is 18.9 Å². The summed E-state index contributed by atoms with van der Waals surface area (Å²) < 4.78 is 0. The number of aryl methyl sites for hydroxylation is 1. The largest absolute Gasteiger partial charge is 0.300 e. The molecule has 72 valence electrons. The third kappa shape index (κ3) is 6.75. The Morgan fingerprint density at radius 1 is 1.23 bits per heavy atom. The van der Waals surface area contributed by atoms with Crippen LogP contribution in [0.15, 0.2) is 30.3 Å². The maximum absolute atomic E-state index is 10.6. The van der Waals surface area contributed by atoms with Crippen molar-refractivity contribution < 1.29 is 4.79 Å². The van der Waals surface area contributed by atoms with Crippen molar-refractivity contribution in [3.05, 3.63) is 35.9 Å². The van der Waals surface area contributed by atoms with E-state index in [-0.39, 0.29) is 5.78 Å². The van der Waals surface area contributed by atoms with Gasteiger partial charge in [-0.15, -0.1) is 0 Å². The van der Waals surface area contributed by atoms with Crippen LogP contribution in [-0.4, -0.2) is 10.7 Å². The highest BCUT2D eigenvalue weighted by molar-refractivity contribution is 14.1. The first-order valence-electron chi connectivity index (χ1n) is 4.20. The molecule has 0 aromatic heterocycles. The van der Waals surface area contributed by atoms with Crippen LogP contribution in [-0.2, 0) is 11.2 Å². The molecule has 0 aliphatic heterocycles. The van der Waals surface area contributed by atoms with Gasteiger partial charge in [0.05, 0.1) is 0 Å². The fourth-order valence-corrected chi connectivity index (χ4v) is 0.965. The minimum atomic E-state index is 0.258. The van der Waals surface area contributed by atoms with Gasteiger partial charge in [-0.05, 0) is 23.8 Å². The van der Waals surface area contributed by atoms with Crippen LogP contribution < -0.4 is 0 Å². The Kier molecular flexibility index (Phi) is 7.99. The van der Waals surface area contributed by atoms with E-state index >= 15 is 0 Å². The summed E-state index contributed by atoms with van der Waals surface area (Å²) in [6.07, 6.45) is 1.53. The molecule has 0 amide bonds. The van der Waals surface area contributed by atoms with Gasteiger partial charge in [0.2, 0.25) is 0 Å². The average molecular weight is 290 g/mol. The highest BCUT2D eigenvalue weighted by atomic mass is 127. The van der Waals surface area contributed by atoms with Crippen molar-refractivity contribution in [2.45, 2.75) is 19.8 Å². The fourth-order valence-electron chi connectivity index (χ4n) is 0.965. The van der Waals surface area contributed by atoms with E-state index in [0.29, 0.717) is 6.42 Å². The molecule has 0 heterocycles. The molecule has 0 fully saturated rings. The van der Waals surface area contributed by atoms with Crippen LogP contribution in [0, 0.1) is 0 Å². The van der Waals surface area contributed by atoms with E-state index in [2.05, 4.69) is 22.6 Å². The Morgan fingerprint density at radius 3 is 2.23 bits per heavy atom. The zero-order chi connectivity index (χ0) is 10.1. The van der Waals surface area contributed by atoms with Gasteiger partial charge >= 0.3 is 0 Å². The number of benzene rings is 1. The first-order chi connectivity index (χ1) is 6.29. The van der Waals surface area contributed by atoms with Gasteiger partial charge in [0.25, 0.3) is 0 Å². The number of rotatable bonds is 3. The second-order valence-electron chi connectivity index (χ2n) is 2.69. The maximum atomic E-state index is 10.6. The molecule has 1 rings (SSSR count). The molecule has 13 heavy (non-hydrogen) atoms. The number of hydrogen-bond donors (Lipinski definition) is 0. The van der Waals surface area contributed by atoms with E-state index in [1.54, 1.807) is 6.92 Å². The molecule has 0 unspecified atom stereocenters. The molecule has 0 spiro atoms. The molecule has 0 aliphatic rings. The smallest absolute Gasteiger partial charge is 0.130 e. The van der Waals surface area contributed by atoms with Gasteiger partial charge in [0, 0.05) is 6.42 Å². The SMILES string of the molecule is CC(=O)CCc1ccccc1.CI. The standard InChI is InChI=1S/C10H12O.CH3I/c1-9(11)7-8-10-5-3-2-4-6-10;1-2/h2-6H,7-8H2,1H3;1H3. The van der Waals surface area contributed by atoms with Crippen LogP contribution >= 0.6 is 22.6 Å². The normalized spacial score (nSPS) is 8.54. The predicted molar refractivity (Wildman–Crippen MR) is 65.4 cm³/mol. The molecule has 1 aromatic carbocycles. The molecule has 1 aromatic rings. The lowest BCUT2D eigenvalue weighted by atomic mass is 10.1. The third-order valence-corrected chi connectivity index (χ3v) is 1.61.